The van der Waals surface area contributed by atoms with Crippen molar-refractivity contribution in [3.8, 4) is 0 Å². The predicted molar refractivity (Wildman–Crippen MR) is 49.3 cm³/mol. The predicted octanol–water partition coefficient (Wildman–Crippen LogP) is 1.50. The number of rotatable bonds is 1. The van der Waals surface area contributed by atoms with Gasteiger partial charge in [0.05, 0.1) is 0 Å². The molecule has 1 saturated carbocycles. The molecule has 3 heteroatoms. The van der Waals surface area contributed by atoms with Gasteiger partial charge in [0.1, 0.15) is 0 Å². The van der Waals surface area contributed by atoms with Gasteiger partial charge in [-0.25, -0.2) is 4.79 Å². The van der Waals surface area contributed by atoms with Crippen LogP contribution in [-0.2, 0) is 4.79 Å². The van der Waals surface area contributed by atoms with Gasteiger partial charge in [0, 0.05) is 0 Å². The summed E-state index contributed by atoms with van der Waals surface area (Å²) in [5, 5.41) is 18.7. The summed E-state index contributed by atoms with van der Waals surface area (Å²) in [7, 11) is 0. The van der Waals surface area contributed by atoms with E-state index in [-0.39, 0.29) is 11.8 Å². The fourth-order valence-corrected chi connectivity index (χ4v) is 2.26. The minimum Gasteiger partial charge on any atom is -0.479 e. The normalized spacial score (nSPS) is 46.0. The number of hydrogen-bond acceptors (Lipinski definition) is 2. The largest absolute Gasteiger partial charge is 0.479 e. The van der Waals surface area contributed by atoms with Crippen molar-refractivity contribution in [3.05, 3.63) is 0 Å². The van der Waals surface area contributed by atoms with Crippen LogP contribution in [0.5, 0.6) is 0 Å². The first-order chi connectivity index (χ1) is 5.87. The average molecular weight is 186 g/mol. The standard InChI is InChI=1S/C10H18O3/c1-6-4-10(13,9(11)12)5-7(2)8(6)3/h6-8,13H,4-5H2,1-3H3,(H,11,12)/t6-,7-,8-,10+/m1/s1. The monoisotopic (exact) mass is 186 g/mol. The van der Waals surface area contributed by atoms with Crippen molar-refractivity contribution < 1.29 is 15.0 Å². The molecular weight excluding hydrogens is 168 g/mol. The summed E-state index contributed by atoms with van der Waals surface area (Å²) in [4.78, 5) is 10.8. The summed E-state index contributed by atoms with van der Waals surface area (Å²) in [6.07, 6.45) is 0.766. The quantitative estimate of drug-likeness (QED) is 0.652. The van der Waals surface area contributed by atoms with E-state index in [9.17, 15) is 9.90 Å². The fourth-order valence-electron chi connectivity index (χ4n) is 2.26. The van der Waals surface area contributed by atoms with Crippen LogP contribution in [0.3, 0.4) is 0 Å². The minimum absolute atomic E-state index is 0.282. The lowest BCUT2D eigenvalue weighted by molar-refractivity contribution is -0.167. The second-order valence-electron chi connectivity index (χ2n) is 4.56. The van der Waals surface area contributed by atoms with Gasteiger partial charge in [0.25, 0.3) is 0 Å². The van der Waals surface area contributed by atoms with Crippen LogP contribution < -0.4 is 0 Å². The zero-order valence-electron chi connectivity index (χ0n) is 8.45. The maximum absolute atomic E-state index is 10.8. The maximum atomic E-state index is 10.8. The molecule has 76 valence electrons. The molecule has 0 unspecified atom stereocenters. The van der Waals surface area contributed by atoms with Gasteiger partial charge in [-0.15, -0.1) is 0 Å². The van der Waals surface area contributed by atoms with Crippen molar-refractivity contribution >= 4 is 5.97 Å². The Labute approximate surface area is 78.8 Å². The molecule has 0 aromatic heterocycles. The highest BCUT2D eigenvalue weighted by Gasteiger charge is 2.45. The van der Waals surface area contributed by atoms with Gasteiger partial charge in [-0.3, -0.25) is 0 Å². The molecule has 1 fully saturated rings. The Morgan fingerprint density at radius 1 is 1.23 bits per heavy atom. The molecule has 0 aromatic carbocycles. The van der Waals surface area contributed by atoms with E-state index in [1.807, 2.05) is 13.8 Å². The van der Waals surface area contributed by atoms with Crippen molar-refractivity contribution in [1.29, 1.82) is 0 Å². The maximum Gasteiger partial charge on any atom is 0.335 e. The van der Waals surface area contributed by atoms with Crippen LogP contribution in [0.1, 0.15) is 33.6 Å². The summed E-state index contributed by atoms with van der Waals surface area (Å²) in [5.74, 6) is -0.00701. The first-order valence-corrected chi connectivity index (χ1v) is 4.82. The van der Waals surface area contributed by atoms with Gasteiger partial charge in [0.2, 0.25) is 0 Å². The Bertz CT molecular complexity index is 200. The van der Waals surface area contributed by atoms with E-state index in [4.69, 9.17) is 5.11 Å². The highest BCUT2D eigenvalue weighted by atomic mass is 16.4. The van der Waals surface area contributed by atoms with Gasteiger partial charge < -0.3 is 10.2 Å². The van der Waals surface area contributed by atoms with Crippen molar-refractivity contribution in [2.45, 2.75) is 39.2 Å². The number of carbonyl (C=O) groups is 1. The number of carboxylic acid groups (broad SMARTS) is 1. The lowest BCUT2D eigenvalue weighted by Crippen LogP contribution is -2.47. The fraction of sp³-hybridized carbons (Fsp3) is 0.900. The molecule has 0 heterocycles. The Hall–Kier alpha value is -0.570. The number of aliphatic carboxylic acids is 1. The van der Waals surface area contributed by atoms with E-state index in [1.165, 1.54) is 0 Å². The van der Waals surface area contributed by atoms with E-state index in [2.05, 4.69) is 6.92 Å². The van der Waals surface area contributed by atoms with Crippen LogP contribution in [0.25, 0.3) is 0 Å². The van der Waals surface area contributed by atoms with E-state index in [1.54, 1.807) is 0 Å². The molecule has 0 aromatic rings. The van der Waals surface area contributed by atoms with Crippen molar-refractivity contribution in [2.75, 3.05) is 0 Å². The molecule has 0 aliphatic heterocycles. The molecule has 1 rings (SSSR count). The van der Waals surface area contributed by atoms with Gasteiger partial charge in [-0.1, -0.05) is 20.8 Å². The summed E-state index contributed by atoms with van der Waals surface area (Å²) < 4.78 is 0. The van der Waals surface area contributed by atoms with Crippen LogP contribution in [0, 0.1) is 17.8 Å². The van der Waals surface area contributed by atoms with Gasteiger partial charge >= 0.3 is 5.97 Å². The average Bonchev–Trinajstić information content (AvgIpc) is 2.00. The van der Waals surface area contributed by atoms with Gasteiger partial charge in [0.15, 0.2) is 5.60 Å². The smallest absolute Gasteiger partial charge is 0.335 e. The third kappa shape index (κ3) is 1.85. The number of carboxylic acids is 1. The van der Waals surface area contributed by atoms with Crippen LogP contribution in [0.15, 0.2) is 0 Å². The van der Waals surface area contributed by atoms with E-state index < -0.39 is 11.6 Å². The summed E-state index contributed by atoms with van der Waals surface area (Å²) in [6.45, 7) is 6.14. The first kappa shape index (κ1) is 10.5. The summed E-state index contributed by atoms with van der Waals surface area (Å²) in [5.41, 5.74) is -1.48. The Balaban J connectivity index is 2.79. The molecule has 1 aliphatic rings. The second-order valence-corrected chi connectivity index (χ2v) is 4.56. The molecule has 0 amide bonds. The molecule has 2 atom stereocenters. The third-order valence-electron chi connectivity index (χ3n) is 3.51. The highest BCUT2D eigenvalue weighted by molar-refractivity contribution is 5.77. The Morgan fingerprint density at radius 3 is 1.92 bits per heavy atom. The minimum atomic E-state index is -1.48. The van der Waals surface area contributed by atoms with Crippen molar-refractivity contribution in [3.63, 3.8) is 0 Å². The molecule has 2 N–H and O–H groups in total. The molecule has 3 nitrogen and oxygen atoms in total. The molecule has 0 spiro atoms. The van der Waals surface area contributed by atoms with E-state index in [0.717, 1.165) is 0 Å². The zero-order chi connectivity index (χ0) is 10.2. The van der Waals surface area contributed by atoms with Crippen molar-refractivity contribution in [1.82, 2.24) is 0 Å². The SMILES string of the molecule is C[C@@H]1C[C@](O)(C(=O)O)C[C@@H](C)[C@H]1C. The van der Waals surface area contributed by atoms with Crippen molar-refractivity contribution in [2.24, 2.45) is 17.8 Å². The van der Waals surface area contributed by atoms with Crippen LogP contribution >= 0.6 is 0 Å². The summed E-state index contributed by atoms with van der Waals surface area (Å²) in [6, 6.07) is 0. The Morgan fingerprint density at radius 2 is 1.62 bits per heavy atom. The molecule has 13 heavy (non-hydrogen) atoms. The van der Waals surface area contributed by atoms with Gasteiger partial charge in [-0.05, 0) is 30.6 Å². The number of aliphatic hydroxyl groups is 1. The molecule has 0 bridgehead atoms. The van der Waals surface area contributed by atoms with E-state index >= 15 is 0 Å². The van der Waals surface area contributed by atoms with Crippen LogP contribution in [0.4, 0.5) is 0 Å². The lowest BCUT2D eigenvalue weighted by Gasteiger charge is -2.40. The van der Waals surface area contributed by atoms with E-state index in [0.29, 0.717) is 18.8 Å². The zero-order valence-corrected chi connectivity index (χ0v) is 8.45. The van der Waals surface area contributed by atoms with Crippen LogP contribution in [-0.4, -0.2) is 21.8 Å². The molecule has 0 radical (unpaired) electrons. The molecule has 0 saturated heterocycles. The highest BCUT2D eigenvalue weighted by Crippen LogP contribution is 2.39. The van der Waals surface area contributed by atoms with Crippen LogP contribution in [0.2, 0.25) is 0 Å². The number of hydrogen-bond donors (Lipinski definition) is 2. The van der Waals surface area contributed by atoms with Gasteiger partial charge in [-0.2, -0.15) is 0 Å². The molecular formula is C10H18O3. The third-order valence-corrected chi connectivity index (χ3v) is 3.51. The lowest BCUT2D eigenvalue weighted by atomic mass is 9.68. The second kappa shape index (κ2) is 3.29. The molecule has 1 aliphatic carbocycles. The topological polar surface area (TPSA) is 57.5 Å². The summed E-state index contributed by atoms with van der Waals surface area (Å²) >= 11 is 0. The Kier molecular flexibility index (Phi) is 2.66. The first-order valence-electron chi connectivity index (χ1n) is 4.82.